The lowest BCUT2D eigenvalue weighted by molar-refractivity contribution is -0.114. The van der Waals surface area contributed by atoms with Gasteiger partial charge in [0.05, 0.1) is 23.8 Å². The van der Waals surface area contributed by atoms with E-state index < -0.39 is 0 Å². The molecular formula is C22H27N5O2. The summed E-state index contributed by atoms with van der Waals surface area (Å²) in [6.45, 7) is 2.83. The summed E-state index contributed by atoms with van der Waals surface area (Å²) < 4.78 is 0. The molecule has 2 aliphatic rings. The Balaban J connectivity index is 1.47. The number of carbonyl (C=O) groups excluding carboxylic acids is 2. The molecule has 1 unspecified atom stereocenters. The summed E-state index contributed by atoms with van der Waals surface area (Å²) in [7, 11) is 0. The molecule has 3 N–H and O–H groups in total. The second-order valence-electron chi connectivity index (χ2n) is 7.61. The highest BCUT2D eigenvalue weighted by Crippen LogP contribution is 2.25. The van der Waals surface area contributed by atoms with Gasteiger partial charge < -0.3 is 16.0 Å². The molecule has 3 heterocycles. The monoisotopic (exact) mass is 393 g/mol. The van der Waals surface area contributed by atoms with Gasteiger partial charge in [-0.1, -0.05) is 43.2 Å². The number of likely N-dealkylation sites (tertiary alicyclic amines) is 1. The van der Waals surface area contributed by atoms with Crippen LogP contribution in [0.25, 0.3) is 0 Å². The zero-order valence-electron chi connectivity index (χ0n) is 16.5. The number of rotatable bonds is 5. The number of aromatic nitrogens is 1. The summed E-state index contributed by atoms with van der Waals surface area (Å²) in [5.74, 6) is 0.269. The maximum Gasteiger partial charge on any atom is 0.252 e. The van der Waals surface area contributed by atoms with Crippen LogP contribution < -0.4 is 16.0 Å². The van der Waals surface area contributed by atoms with E-state index in [1.54, 1.807) is 12.3 Å². The molecule has 2 aliphatic heterocycles. The van der Waals surface area contributed by atoms with Gasteiger partial charge in [-0.05, 0) is 37.6 Å². The van der Waals surface area contributed by atoms with Crippen LogP contribution in [0.4, 0.5) is 11.5 Å². The Bertz CT molecular complexity index is 863. The van der Waals surface area contributed by atoms with Gasteiger partial charge in [-0.2, -0.15) is 0 Å². The molecule has 1 aromatic heterocycles. The third-order valence-corrected chi connectivity index (χ3v) is 5.56. The first-order chi connectivity index (χ1) is 14.2. The second-order valence-corrected chi connectivity index (χ2v) is 7.61. The zero-order chi connectivity index (χ0) is 20.1. The van der Waals surface area contributed by atoms with E-state index in [0.29, 0.717) is 23.6 Å². The minimum Gasteiger partial charge on any atom is -0.359 e. The molecular weight excluding hydrogens is 366 g/mol. The van der Waals surface area contributed by atoms with Crippen LogP contribution in [0.1, 0.15) is 47.6 Å². The van der Waals surface area contributed by atoms with Gasteiger partial charge in [0.1, 0.15) is 5.82 Å². The van der Waals surface area contributed by atoms with Crippen molar-refractivity contribution < 1.29 is 9.59 Å². The number of nitrogens with one attached hydrogen (secondary N) is 3. The van der Waals surface area contributed by atoms with Crippen molar-refractivity contribution in [2.24, 2.45) is 0 Å². The highest BCUT2D eigenvalue weighted by atomic mass is 16.2. The predicted octanol–water partition coefficient (Wildman–Crippen LogP) is 2.79. The van der Waals surface area contributed by atoms with Gasteiger partial charge in [0.15, 0.2) is 0 Å². The lowest BCUT2D eigenvalue weighted by Crippen LogP contribution is -2.38. The molecule has 0 aliphatic carbocycles. The number of benzene rings is 1. The minimum atomic E-state index is -0.184. The molecule has 1 fully saturated rings. The molecule has 2 amide bonds. The normalized spacial score (nSPS) is 18.0. The van der Waals surface area contributed by atoms with E-state index in [1.807, 2.05) is 18.2 Å². The first kappa shape index (κ1) is 19.4. The van der Waals surface area contributed by atoms with Crippen LogP contribution in [0.2, 0.25) is 0 Å². The quantitative estimate of drug-likeness (QED) is 0.727. The Morgan fingerprint density at radius 3 is 2.66 bits per heavy atom. The third kappa shape index (κ3) is 4.74. The predicted molar refractivity (Wildman–Crippen MR) is 113 cm³/mol. The molecule has 0 bridgehead atoms. The van der Waals surface area contributed by atoms with Crippen LogP contribution in [0, 0.1) is 0 Å². The van der Waals surface area contributed by atoms with Crippen molar-refractivity contribution in [2.75, 3.05) is 36.8 Å². The molecule has 4 rings (SSSR count). The first-order valence-corrected chi connectivity index (χ1v) is 10.3. The number of fused-ring (bicyclic) bond motifs is 1. The van der Waals surface area contributed by atoms with Crippen LogP contribution in [0.3, 0.4) is 0 Å². The summed E-state index contributed by atoms with van der Waals surface area (Å²) in [6, 6.07) is 12.2. The van der Waals surface area contributed by atoms with E-state index in [1.165, 1.54) is 31.2 Å². The fourth-order valence-corrected chi connectivity index (χ4v) is 4.01. The molecule has 1 aromatic carbocycles. The Morgan fingerprint density at radius 2 is 1.90 bits per heavy atom. The standard InChI is InChI=1S/C22H27N5O2/c28-20-15-24-21-18(26-20)12-17(13-23-21)22(29)25-14-19(16-8-4-3-5-9-16)27-10-6-1-2-7-11-27/h3-5,8-9,12-13,19H,1-2,6-7,10-11,14-15H2,(H,23,24)(H,25,29)(H,26,28). The SMILES string of the molecule is O=C1CNc2ncc(C(=O)NCC(c3ccccc3)N3CCCCCC3)cc2N1. The Kier molecular flexibility index (Phi) is 6.05. The summed E-state index contributed by atoms with van der Waals surface area (Å²) in [5.41, 5.74) is 2.20. The maximum absolute atomic E-state index is 12.8. The van der Waals surface area contributed by atoms with Crippen molar-refractivity contribution in [3.05, 3.63) is 53.7 Å². The van der Waals surface area contributed by atoms with Gasteiger partial charge in [0.2, 0.25) is 5.91 Å². The number of nitrogens with zero attached hydrogens (tertiary/aromatic N) is 2. The number of hydrogen-bond acceptors (Lipinski definition) is 5. The number of anilines is 2. The molecule has 7 heteroatoms. The van der Waals surface area contributed by atoms with Gasteiger partial charge in [-0.25, -0.2) is 4.98 Å². The van der Waals surface area contributed by atoms with Crippen molar-refractivity contribution in [1.82, 2.24) is 15.2 Å². The summed E-state index contributed by atoms with van der Waals surface area (Å²) in [6.07, 6.45) is 6.47. The van der Waals surface area contributed by atoms with Crippen LogP contribution in [0.5, 0.6) is 0 Å². The summed E-state index contributed by atoms with van der Waals surface area (Å²) in [5, 5.41) is 8.77. The van der Waals surface area contributed by atoms with E-state index in [9.17, 15) is 9.59 Å². The van der Waals surface area contributed by atoms with Crippen molar-refractivity contribution in [3.63, 3.8) is 0 Å². The maximum atomic E-state index is 12.8. The lowest BCUT2D eigenvalue weighted by Gasteiger charge is -2.31. The number of pyridine rings is 1. The zero-order valence-corrected chi connectivity index (χ0v) is 16.5. The average molecular weight is 393 g/mol. The van der Waals surface area contributed by atoms with Crippen LogP contribution in [0.15, 0.2) is 42.6 Å². The fourth-order valence-electron chi connectivity index (χ4n) is 4.01. The number of amides is 2. The van der Waals surface area contributed by atoms with E-state index in [0.717, 1.165) is 13.1 Å². The molecule has 0 saturated carbocycles. The topological polar surface area (TPSA) is 86.4 Å². The highest BCUT2D eigenvalue weighted by Gasteiger charge is 2.23. The highest BCUT2D eigenvalue weighted by molar-refractivity contribution is 6.02. The largest absolute Gasteiger partial charge is 0.359 e. The van der Waals surface area contributed by atoms with Gasteiger partial charge in [-0.3, -0.25) is 14.5 Å². The Morgan fingerprint density at radius 1 is 1.14 bits per heavy atom. The summed E-state index contributed by atoms with van der Waals surface area (Å²) in [4.78, 5) is 31.1. The van der Waals surface area contributed by atoms with Gasteiger partial charge in [-0.15, -0.1) is 0 Å². The van der Waals surface area contributed by atoms with E-state index in [2.05, 4.69) is 38.0 Å². The molecule has 0 spiro atoms. The number of carbonyl (C=O) groups is 2. The lowest BCUT2D eigenvalue weighted by atomic mass is 10.0. The first-order valence-electron chi connectivity index (χ1n) is 10.3. The van der Waals surface area contributed by atoms with Crippen LogP contribution >= 0.6 is 0 Å². The van der Waals surface area contributed by atoms with Crippen LogP contribution in [-0.4, -0.2) is 47.9 Å². The molecule has 152 valence electrons. The number of hydrogen-bond donors (Lipinski definition) is 3. The minimum absolute atomic E-state index is 0.137. The van der Waals surface area contributed by atoms with E-state index in [4.69, 9.17) is 0 Å². The van der Waals surface area contributed by atoms with Gasteiger partial charge in [0, 0.05) is 12.7 Å². The molecule has 1 atom stereocenters. The van der Waals surface area contributed by atoms with Crippen molar-refractivity contribution in [1.29, 1.82) is 0 Å². The van der Waals surface area contributed by atoms with Crippen molar-refractivity contribution in [3.8, 4) is 0 Å². The average Bonchev–Trinajstić information content (AvgIpc) is 3.03. The van der Waals surface area contributed by atoms with Crippen molar-refractivity contribution >= 4 is 23.3 Å². The van der Waals surface area contributed by atoms with Crippen molar-refractivity contribution in [2.45, 2.75) is 31.7 Å². The fraction of sp³-hybridized carbons (Fsp3) is 0.409. The molecule has 7 nitrogen and oxygen atoms in total. The van der Waals surface area contributed by atoms with Crippen LogP contribution in [-0.2, 0) is 4.79 Å². The van der Waals surface area contributed by atoms with Gasteiger partial charge >= 0.3 is 0 Å². The summed E-state index contributed by atoms with van der Waals surface area (Å²) >= 11 is 0. The van der Waals surface area contributed by atoms with E-state index >= 15 is 0 Å². The third-order valence-electron chi connectivity index (χ3n) is 5.56. The molecule has 2 aromatic rings. The van der Waals surface area contributed by atoms with E-state index in [-0.39, 0.29) is 24.4 Å². The molecule has 29 heavy (non-hydrogen) atoms. The second kappa shape index (κ2) is 9.05. The molecule has 1 saturated heterocycles. The smallest absolute Gasteiger partial charge is 0.252 e. The molecule has 0 radical (unpaired) electrons. The Labute approximate surface area is 170 Å². The van der Waals surface area contributed by atoms with Gasteiger partial charge in [0.25, 0.3) is 5.91 Å². The Hall–Kier alpha value is -2.93.